The summed E-state index contributed by atoms with van der Waals surface area (Å²) in [5.41, 5.74) is 3.80. The molecule has 4 nitrogen and oxygen atoms in total. The van der Waals surface area contributed by atoms with Crippen molar-refractivity contribution in [3.63, 3.8) is 0 Å². The van der Waals surface area contributed by atoms with E-state index in [1.165, 1.54) is 33.7 Å². The summed E-state index contributed by atoms with van der Waals surface area (Å²) in [5, 5.41) is 4.31. The van der Waals surface area contributed by atoms with Crippen LogP contribution in [0.5, 0.6) is 0 Å². The molecule has 150 valence electrons. The molecule has 0 spiro atoms. The van der Waals surface area contributed by atoms with Gasteiger partial charge in [0, 0.05) is 38.0 Å². The highest BCUT2D eigenvalue weighted by Gasteiger charge is 2.40. The quantitative estimate of drug-likeness (QED) is 0.679. The average molecular weight is 406 g/mol. The highest BCUT2D eigenvalue weighted by atomic mass is 32.1. The second-order valence-electron chi connectivity index (χ2n) is 8.49. The molecule has 2 aliphatic heterocycles. The largest absolute Gasteiger partial charge is 0.353 e. The molecule has 0 aliphatic carbocycles. The minimum absolute atomic E-state index is 0.103. The zero-order valence-corrected chi connectivity index (χ0v) is 17.6. The van der Waals surface area contributed by atoms with E-state index in [1.54, 1.807) is 18.3 Å². The molecule has 2 aromatic carbocycles. The van der Waals surface area contributed by atoms with E-state index in [0.29, 0.717) is 18.1 Å². The van der Waals surface area contributed by atoms with Gasteiger partial charge in [-0.15, -0.1) is 11.3 Å². The molecule has 2 fully saturated rings. The summed E-state index contributed by atoms with van der Waals surface area (Å²) in [7, 11) is 0. The molecule has 1 amide bonds. The molecule has 2 bridgehead atoms. The molecule has 2 saturated heterocycles. The number of hydrogen-bond donors (Lipinski definition) is 1. The fraction of sp³-hybridized carbons (Fsp3) is 0.417. The molecule has 0 saturated carbocycles. The first-order valence-corrected chi connectivity index (χ1v) is 11.4. The van der Waals surface area contributed by atoms with Crippen molar-refractivity contribution in [2.75, 3.05) is 0 Å². The molecular formula is C24H27N3OS. The highest BCUT2D eigenvalue weighted by molar-refractivity contribution is 7.18. The van der Waals surface area contributed by atoms with Gasteiger partial charge in [-0.2, -0.15) is 0 Å². The maximum Gasteiger partial charge on any atom is 0.217 e. The van der Waals surface area contributed by atoms with Crippen LogP contribution in [0.15, 0.2) is 48.5 Å². The number of fused-ring (bicyclic) bond motifs is 3. The van der Waals surface area contributed by atoms with Gasteiger partial charge >= 0.3 is 0 Å². The van der Waals surface area contributed by atoms with Crippen LogP contribution in [0.2, 0.25) is 0 Å². The lowest BCUT2D eigenvalue weighted by molar-refractivity contribution is -0.120. The van der Waals surface area contributed by atoms with Crippen molar-refractivity contribution in [2.24, 2.45) is 0 Å². The molecule has 3 aromatic rings. The maximum atomic E-state index is 11.4. The van der Waals surface area contributed by atoms with Gasteiger partial charge in [0.15, 0.2) is 0 Å². The van der Waals surface area contributed by atoms with Crippen molar-refractivity contribution in [1.29, 1.82) is 0 Å². The van der Waals surface area contributed by atoms with Crippen molar-refractivity contribution < 1.29 is 4.79 Å². The lowest BCUT2D eigenvalue weighted by Crippen LogP contribution is -2.49. The van der Waals surface area contributed by atoms with E-state index >= 15 is 0 Å². The van der Waals surface area contributed by atoms with Crippen molar-refractivity contribution in [2.45, 2.75) is 63.7 Å². The SMILES string of the molecule is CC(=O)NC1CC2CC[C@@H](C1)N2Cc1ccc(Cc2nc3ccccc3s2)cc1. The van der Waals surface area contributed by atoms with E-state index in [9.17, 15) is 4.79 Å². The Kier molecular flexibility index (Phi) is 5.10. The van der Waals surface area contributed by atoms with E-state index in [2.05, 4.69) is 52.7 Å². The second-order valence-corrected chi connectivity index (χ2v) is 9.61. The number of para-hydroxylation sites is 1. The first-order valence-electron chi connectivity index (χ1n) is 10.6. The Labute approximate surface area is 176 Å². The van der Waals surface area contributed by atoms with E-state index in [4.69, 9.17) is 4.98 Å². The molecular weight excluding hydrogens is 378 g/mol. The second kappa shape index (κ2) is 7.88. The summed E-state index contributed by atoms with van der Waals surface area (Å²) in [6.45, 7) is 2.65. The average Bonchev–Trinajstić information content (AvgIpc) is 3.20. The summed E-state index contributed by atoms with van der Waals surface area (Å²) in [6, 6.07) is 19.0. The number of rotatable bonds is 5. The summed E-state index contributed by atoms with van der Waals surface area (Å²) >= 11 is 1.79. The Balaban J connectivity index is 1.22. The topological polar surface area (TPSA) is 45.2 Å². The lowest BCUT2D eigenvalue weighted by Gasteiger charge is -2.39. The Morgan fingerprint density at radius 3 is 2.45 bits per heavy atom. The van der Waals surface area contributed by atoms with Crippen molar-refractivity contribution in [3.05, 3.63) is 64.7 Å². The number of carbonyl (C=O) groups excluding carboxylic acids is 1. The van der Waals surface area contributed by atoms with Crippen LogP contribution in [0.1, 0.15) is 48.7 Å². The van der Waals surface area contributed by atoms with Crippen LogP contribution in [-0.2, 0) is 17.8 Å². The molecule has 0 radical (unpaired) electrons. The highest BCUT2D eigenvalue weighted by Crippen LogP contribution is 2.37. The Hall–Kier alpha value is -2.24. The van der Waals surface area contributed by atoms with Crippen molar-refractivity contribution in [1.82, 2.24) is 15.2 Å². The third-order valence-electron chi connectivity index (χ3n) is 6.37. The maximum absolute atomic E-state index is 11.4. The molecule has 2 aliphatic rings. The summed E-state index contributed by atoms with van der Waals surface area (Å²) < 4.78 is 1.26. The number of amides is 1. The van der Waals surface area contributed by atoms with Gasteiger partial charge in [0.25, 0.3) is 0 Å². The number of thiazole rings is 1. The molecule has 1 aromatic heterocycles. The molecule has 2 unspecified atom stereocenters. The van der Waals surface area contributed by atoms with Gasteiger partial charge in [0.2, 0.25) is 5.91 Å². The Morgan fingerprint density at radius 1 is 1.07 bits per heavy atom. The van der Waals surface area contributed by atoms with Crippen LogP contribution >= 0.6 is 11.3 Å². The molecule has 3 atom stereocenters. The number of piperidine rings is 1. The summed E-state index contributed by atoms with van der Waals surface area (Å²) in [5.74, 6) is 0.103. The Morgan fingerprint density at radius 2 is 1.76 bits per heavy atom. The van der Waals surface area contributed by atoms with Gasteiger partial charge in [-0.25, -0.2) is 4.98 Å². The zero-order valence-electron chi connectivity index (χ0n) is 16.8. The number of hydrogen-bond acceptors (Lipinski definition) is 4. The van der Waals surface area contributed by atoms with Crippen molar-refractivity contribution >= 4 is 27.5 Å². The number of carbonyl (C=O) groups is 1. The number of nitrogens with zero attached hydrogens (tertiary/aromatic N) is 2. The van der Waals surface area contributed by atoms with E-state index in [-0.39, 0.29) is 5.91 Å². The molecule has 29 heavy (non-hydrogen) atoms. The zero-order chi connectivity index (χ0) is 19.8. The number of benzene rings is 2. The first kappa shape index (κ1) is 18.8. The van der Waals surface area contributed by atoms with E-state index in [0.717, 1.165) is 31.3 Å². The Bertz CT molecular complexity index is 965. The first-order chi connectivity index (χ1) is 14.1. The standard InChI is InChI=1S/C24H27N3OS/c1-16(28)25-19-13-20-10-11-21(14-19)27(20)15-18-8-6-17(7-9-18)12-24-26-22-4-2-3-5-23(22)29-24/h2-9,19-21H,10-15H2,1H3,(H,25,28)/t19?,20-,21?/m0/s1. The van der Waals surface area contributed by atoms with Crippen LogP contribution < -0.4 is 5.32 Å². The van der Waals surface area contributed by atoms with Crippen LogP contribution in [0.4, 0.5) is 0 Å². The van der Waals surface area contributed by atoms with E-state index < -0.39 is 0 Å². The summed E-state index contributed by atoms with van der Waals surface area (Å²) in [6.07, 6.45) is 5.59. The van der Waals surface area contributed by atoms with Crippen molar-refractivity contribution in [3.8, 4) is 0 Å². The van der Waals surface area contributed by atoms with Gasteiger partial charge in [0.05, 0.1) is 15.2 Å². The predicted octanol–water partition coefficient (Wildman–Crippen LogP) is 4.52. The lowest BCUT2D eigenvalue weighted by atomic mass is 9.96. The predicted molar refractivity (Wildman–Crippen MR) is 118 cm³/mol. The van der Waals surface area contributed by atoms with Gasteiger partial charge in [0.1, 0.15) is 0 Å². The minimum Gasteiger partial charge on any atom is -0.353 e. The fourth-order valence-corrected chi connectivity index (χ4v) is 6.08. The van der Waals surface area contributed by atoms with Crippen LogP contribution in [0.3, 0.4) is 0 Å². The van der Waals surface area contributed by atoms with E-state index in [1.807, 2.05) is 6.07 Å². The van der Waals surface area contributed by atoms with Gasteiger partial charge in [-0.3, -0.25) is 9.69 Å². The fourth-order valence-electron chi connectivity index (χ4n) is 5.08. The normalized spacial score (nSPS) is 24.1. The van der Waals surface area contributed by atoms with Crippen LogP contribution in [0, 0.1) is 0 Å². The molecule has 5 rings (SSSR count). The molecule has 5 heteroatoms. The van der Waals surface area contributed by atoms with Gasteiger partial charge in [-0.1, -0.05) is 36.4 Å². The molecule has 1 N–H and O–H groups in total. The third kappa shape index (κ3) is 4.07. The van der Waals surface area contributed by atoms with Gasteiger partial charge in [-0.05, 0) is 48.9 Å². The third-order valence-corrected chi connectivity index (χ3v) is 7.41. The minimum atomic E-state index is 0.103. The smallest absolute Gasteiger partial charge is 0.217 e. The van der Waals surface area contributed by atoms with Crippen LogP contribution in [0.25, 0.3) is 10.2 Å². The van der Waals surface area contributed by atoms with Crippen LogP contribution in [-0.4, -0.2) is 33.9 Å². The van der Waals surface area contributed by atoms with Gasteiger partial charge < -0.3 is 5.32 Å². The summed E-state index contributed by atoms with van der Waals surface area (Å²) in [4.78, 5) is 18.8. The monoisotopic (exact) mass is 405 g/mol. The number of aromatic nitrogens is 1. The number of nitrogens with one attached hydrogen (secondary N) is 1. The molecule has 3 heterocycles.